The summed E-state index contributed by atoms with van der Waals surface area (Å²) in [7, 11) is 0. The SMILES string of the molecule is C=C1/C(=C\C=C2/CCC[C@]3(C)[C@@H]([C@H](C)/C=C/[C@@H](O)C4(CO)CC4)CC[C@@H]23)C[C@@H](O)C[C@@H]1O. The monoisotopic (exact) mass is 442 g/mol. The first-order valence-corrected chi connectivity index (χ1v) is 12.6. The molecule has 0 unspecified atom stereocenters. The average molecular weight is 443 g/mol. The van der Waals surface area contributed by atoms with E-state index in [2.05, 4.69) is 38.7 Å². The van der Waals surface area contributed by atoms with Crippen molar-refractivity contribution in [2.45, 2.75) is 89.9 Å². The van der Waals surface area contributed by atoms with E-state index in [4.69, 9.17) is 0 Å². The molecule has 4 N–H and O–H groups in total. The van der Waals surface area contributed by atoms with Gasteiger partial charge in [-0.1, -0.05) is 50.3 Å². The first-order chi connectivity index (χ1) is 15.2. The molecule has 4 aliphatic carbocycles. The van der Waals surface area contributed by atoms with Gasteiger partial charge in [0.25, 0.3) is 0 Å². The molecule has 32 heavy (non-hydrogen) atoms. The molecule has 0 saturated heterocycles. The molecule has 0 aliphatic heterocycles. The molecule has 4 aliphatic rings. The summed E-state index contributed by atoms with van der Waals surface area (Å²) < 4.78 is 0. The summed E-state index contributed by atoms with van der Waals surface area (Å²) in [5.41, 5.74) is 3.22. The van der Waals surface area contributed by atoms with E-state index in [9.17, 15) is 20.4 Å². The van der Waals surface area contributed by atoms with E-state index >= 15 is 0 Å². The van der Waals surface area contributed by atoms with E-state index in [1.165, 1.54) is 31.3 Å². The van der Waals surface area contributed by atoms with E-state index in [0.29, 0.717) is 30.6 Å². The van der Waals surface area contributed by atoms with Gasteiger partial charge in [0.1, 0.15) is 0 Å². The lowest BCUT2D eigenvalue weighted by Crippen LogP contribution is -2.35. The van der Waals surface area contributed by atoms with Gasteiger partial charge in [-0.25, -0.2) is 0 Å². The molecule has 0 aromatic rings. The second kappa shape index (κ2) is 9.21. The van der Waals surface area contributed by atoms with E-state index in [-0.39, 0.29) is 17.4 Å². The first kappa shape index (κ1) is 23.9. The van der Waals surface area contributed by atoms with Crippen LogP contribution in [0.25, 0.3) is 0 Å². The van der Waals surface area contributed by atoms with Gasteiger partial charge in [0.05, 0.1) is 24.9 Å². The van der Waals surface area contributed by atoms with Crippen LogP contribution >= 0.6 is 0 Å². The van der Waals surface area contributed by atoms with Crippen LogP contribution in [0.5, 0.6) is 0 Å². The Labute approximate surface area is 193 Å². The predicted octanol–water partition coefficient (Wildman–Crippen LogP) is 4.45. The van der Waals surface area contributed by atoms with E-state index < -0.39 is 18.3 Å². The van der Waals surface area contributed by atoms with Gasteiger partial charge in [0, 0.05) is 11.8 Å². The summed E-state index contributed by atoms with van der Waals surface area (Å²) in [6.45, 7) is 8.86. The number of allylic oxidation sites excluding steroid dienone is 4. The molecular formula is C28H42O4. The fraction of sp³-hybridized carbons (Fsp3) is 0.714. The quantitative estimate of drug-likeness (QED) is 0.458. The van der Waals surface area contributed by atoms with Gasteiger partial charge in [0.15, 0.2) is 0 Å². The van der Waals surface area contributed by atoms with Crippen molar-refractivity contribution in [1.82, 2.24) is 0 Å². The number of aliphatic hydroxyl groups excluding tert-OH is 4. The minimum atomic E-state index is -0.639. The Balaban J connectivity index is 1.47. The molecule has 178 valence electrons. The Bertz CT molecular complexity index is 804. The molecule has 4 rings (SSSR count). The topological polar surface area (TPSA) is 80.9 Å². The zero-order chi connectivity index (χ0) is 23.1. The van der Waals surface area contributed by atoms with Crippen molar-refractivity contribution in [2.75, 3.05) is 6.61 Å². The summed E-state index contributed by atoms with van der Waals surface area (Å²) in [6.07, 6.45) is 15.6. The molecule has 4 nitrogen and oxygen atoms in total. The van der Waals surface area contributed by atoms with E-state index in [0.717, 1.165) is 30.4 Å². The van der Waals surface area contributed by atoms with Gasteiger partial charge >= 0.3 is 0 Å². The molecule has 0 spiro atoms. The van der Waals surface area contributed by atoms with Crippen molar-refractivity contribution in [3.63, 3.8) is 0 Å². The molecule has 0 bridgehead atoms. The van der Waals surface area contributed by atoms with Crippen LogP contribution in [0, 0.1) is 28.6 Å². The van der Waals surface area contributed by atoms with Crippen LogP contribution in [0.4, 0.5) is 0 Å². The number of hydrogen-bond donors (Lipinski definition) is 4. The molecule has 7 atom stereocenters. The van der Waals surface area contributed by atoms with Crippen LogP contribution in [-0.4, -0.2) is 45.3 Å². The van der Waals surface area contributed by atoms with Crippen molar-refractivity contribution < 1.29 is 20.4 Å². The highest BCUT2D eigenvalue weighted by Gasteiger charge is 2.51. The summed E-state index contributed by atoms with van der Waals surface area (Å²) >= 11 is 0. The van der Waals surface area contributed by atoms with Crippen molar-refractivity contribution in [1.29, 1.82) is 0 Å². The van der Waals surface area contributed by atoms with Crippen LogP contribution in [0.2, 0.25) is 0 Å². The van der Waals surface area contributed by atoms with E-state index in [1.54, 1.807) is 0 Å². The zero-order valence-corrected chi connectivity index (χ0v) is 19.8. The van der Waals surface area contributed by atoms with Crippen molar-refractivity contribution >= 4 is 0 Å². The molecule has 0 aromatic heterocycles. The fourth-order valence-electron chi connectivity index (χ4n) is 6.93. The van der Waals surface area contributed by atoms with Crippen molar-refractivity contribution in [2.24, 2.45) is 28.6 Å². The highest BCUT2D eigenvalue weighted by atomic mass is 16.3. The van der Waals surface area contributed by atoms with E-state index in [1.807, 2.05) is 6.08 Å². The fourth-order valence-corrected chi connectivity index (χ4v) is 6.93. The summed E-state index contributed by atoms with van der Waals surface area (Å²) in [4.78, 5) is 0. The lowest BCUT2D eigenvalue weighted by molar-refractivity contribution is 0.0820. The molecule has 4 heteroatoms. The Morgan fingerprint density at radius 2 is 1.88 bits per heavy atom. The molecule has 4 saturated carbocycles. The number of hydrogen-bond acceptors (Lipinski definition) is 4. The maximum atomic E-state index is 10.5. The Morgan fingerprint density at radius 3 is 2.56 bits per heavy atom. The van der Waals surface area contributed by atoms with Crippen LogP contribution < -0.4 is 0 Å². The van der Waals surface area contributed by atoms with Gasteiger partial charge in [-0.05, 0) is 85.7 Å². The van der Waals surface area contributed by atoms with Gasteiger partial charge in [-0.3, -0.25) is 0 Å². The third-order valence-corrected chi connectivity index (χ3v) is 9.37. The number of fused-ring (bicyclic) bond motifs is 1. The van der Waals surface area contributed by atoms with Gasteiger partial charge in [-0.2, -0.15) is 0 Å². The smallest absolute Gasteiger partial charge is 0.0811 e. The lowest BCUT2D eigenvalue weighted by Gasteiger charge is -2.44. The minimum Gasteiger partial charge on any atom is -0.396 e. The maximum Gasteiger partial charge on any atom is 0.0811 e. The highest BCUT2D eigenvalue weighted by molar-refractivity contribution is 5.38. The Kier molecular flexibility index (Phi) is 6.89. The van der Waals surface area contributed by atoms with Crippen molar-refractivity contribution in [3.8, 4) is 0 Å². The summed E-state index contributed by atoms with van der Waals surface area (Å²) in [6, 6.07) is 0. The molecule has 4 fully saturated rings. The minimum absolute atomic E-state index is 0.0697. The number of rotatable bonds is 6. The molecule has 0 aromatic carbocycles. The van der Waals surface area contributed by atoms with Crippen molar-refractivity contribution in [3.05, 3.63) is 47.6 Å². The molecular weight excluding hydrogens is 400 g/mol. The van der Waals surface area contributed by atoms with Crippen LogP contribution in [0.3, 0.4) is 0 Å². The van der Waals surface area contributed by atoms with Crippen LogP contribution in [0.15, 0.2) is 47.6 Å². The standard InChI is InChI=1S/C28H42O4/c1-18(6-11-26(32)28(17-29)13-14-28)23-9-10-24-20(5-4-12-27(23,24)3)7-8-21-15-22(30)16-25(31)19(21)2/h6-8,11,18,22-26,29-32H,2,4-5,9-10,12-17H2,1,3H3/b11-6+,20-7+,21-8-/t18-,22-,23-,24+,25+,26-,27-/m1/s1. The zero-order valence-electron chi connectivity index (χ0n) is 19.8. The Hall–Kier alpha value is -1.20. The third-order valence-electron chi connectivity index (χ3n) is 9.37. The first-order valence-electron chi connectivity index (χ1n) is 12.6. The summed E-state index contributed by atoms with van der Waals surface area (Å²) in [5, 5.41) is 40.3. The highest BCUT2D eigenvalue weighted by Crippen LogP contribution is 2.59. The largest absolute Gasteiger partial charge is 0.396 e. The van der Waals surface area contributed by atoms with Crippen LogP contribution in [-0.2, 0) is 0 Å². The predicted molar refractivity (Wildman–Crippen MR) is 128 cm³/mol. The molecule has 0 heterocycles. The normalized spacial score (nSPS) is 41.2. The molecule has 0 radical (unpaired) electrons. The van der Waals surface area contributed by atoms with Gasteiger partial charge in [-0.15, -0.1) is 0 Å². The number of aliphatic hydroxyl groups is 4. The third kappa shape index (κ3) is 4.44. The second-order valence-corrected chi connectivity index (χ2v) is 11.4. The van der Waals surface area contributed by atoms with Gasteiger partial charge in [0.2, 0.25) is 0 Å². The summed E-state index contributed by atoms with van der Waals surface area (Å²) in [5.74, 6) is 1.55. The Morgan fingerprint density at radius 1 is 1.12 bits per heavy atom. The van der Waals surface area contributed by atoms with Gasteiger partial charge < -0.3 is 20.4 Å². The molecule has 0 amide bonds. The van der Waals surface area contributed by atoms with Crippen LogP contribution in [0.1, 0.15) is 71.6 Å². The second-order valence-electron chi connectivity index (χ2n) is 11.4. The maximum absolute atomic E-state index is 10.5. The lowest BCUT2D eigenvalue weighted by atomic mass is 9.61. The average Bonchev–Trinajstić information content (AvgIpc) is 3.48.